The predicted octanol–water partition coefficient (Wildman–Crippen LogP) is 4.19. The van der Waals surface area contributed by atoms with Gasteiger partial charge in [0, 0.05) is 0 Å². The molecule has 0 atom stereocenters. The Labute approximate surface area is 127 Å². The van der Waals surface area contributed by atoms with E-state index in [0.717, 1.165) is 12.8 Å². The number of aliphatic hydroxyl groups is 1. The monoisotopic (exact) mass is 278 g/mol. The lowest BCUT2D eigenvalue weighted by atomic mass is 9.92. The summed E-state index contributed by atoms with van der Waals surface area (Å²) in [4.78, 5) is 0. The van der Waals surface area contributed by atoms with Crippen LogP contribution in [0.15, 0.2) is 85.0 Å². The number of hydrogen-bond donors (Lipinski definition) is 1. The minimum absolute atomic E-state index is 0.0897. The van der Waals surface area contributed by atoms with Crippen LogP contribution in [-0.2, 0) is 12.8 Å². The average molecular weight is 278 g/mol. The van der Waals surface area contributed by atoms with Crippen LogP contribution in [0.2, 0.25) is 0 Å². The molecule has 0 aliphatic carbocycles. The fraction of sp³-hybridized carbons (Fsp3) is 0.200. The summed E-state index contributed by atoms with van der Waals surface area (Å²) in [5.41, 5.74) is 2.71. The Morgan fingerprint density at radius 3 is 1.76 bits per heavy atom. The van der Waals surface area contributed by atoms with Gasteiger partial charge in [-0.1, -0.05) is 85.0 Å². The maximum atomic E-state index is 8.78. The summed E-state index contributed by atoms with van der Waals surface area (Å²) in [7, 11) is 0. The van der Waals surface area contributed by atoms with Gasteiger partial charge in [0.05, 0.1) is 6.61 Å². The van der Waals surface area contributed by atoms with Crippen molar-refractivity contribution in [3.8, 4) is 0 Å². The average Bonchev–Trinajstić information content (AvgIpc) is 2.53. The molecule has 108 valence electrons. The van der Waals surface area contributed by atoms with Crippen molar-refractivity contribution in [1.82, 2.24) is 0 Å². The number of benzene rings is 2. The van der Waals surface area contributed by atoms with Crippen molar-refractivity contribution >= 4 is 0 Å². The summed E-state index contributed by atoms with van der Waals surface area (Å²) in [6.45, 7) is 0.0897. The topological polar surface area (TPSA) is 20.2 Å². The Balaban J connectivity index is 2.06. The highest BCUT2D eigenvalue weighted by molar-refractivity contribution is 5.21. The molecule has 2 aromatic carbocycles. The SMILES string of the molecule is OC/C=C/C=C/C(Cc1ccccc1)Cc1ccccc1. The zero-order valence-corrected chi connectivity index (χ0v) is 12.2. The van der Waals surface area contributed by atoms with E-state index in [1.54, 1.807) is 6.08 Å². The normalized spacial score (nSPS) is 11.7. The second-order valence-corrected chi connectivity index (χ2v) is 5.14. The van der Waals surface area contributed by atoms with Gasteiger partial charge in [-0.2, -0.15) is 0 Å². The first-order chi connectivity index (χ1) is 10.4. The van der Waals surface area contributed by atoms with Crippen molar-refractivity contribution in [1.29, 1.82) is 0 Å². The molecule has 0 spiro atoms. The Kier molecular flexibility index (Phi) is 6.50. The van der Waals surface area contributed by atoms with Crippen molar-refractivity contribution in [3.63, 3.8) is 0 Å². The van der Waals surface area contributed by atoms with Gasteiger partial charge in [0.2, 0.25) is 0 Å². The van der Waals surface area contributed by atoms with E-state index in [9.17, 15) is 0 Å². The Morgan fingerprint density at radius 2 is 1.29 bits per heavy atom. The molecule has 1 heteroatoms. The van der Waals surface area contributed by atoms with Gasteiger partial charge in [-0.15, -0.1) is 0 Å². The van der Waals surface area contributed by atoms with E-state index >= 15 is 0 Å². The first kappa shape index (κ1) is 15.3. The van der Waals surface area contributed by atoms with Gasteiger partial charge in [0.1, 0.15) is 0 Å². The van der Waals surface area contributed by atoms with E-state index < -0.39 is 0 Å². The van der Waals surface area contributed by atoms with Crippen molar-refractivity contribution in [2.24, 2.45) is 5.92 Å². The zero-order valence-electron chi connectivity index (χ0n) is 12.2. The summed E-state index contributed by atoms with van der Waals surface area (Å²) in [5, 5.41) is 8.78. The molecule has 0 unspecified atom stereocenters. The van der Waals surface area contributed by atoms with Crippen LogP contribution in [0.3, 0.4) is 0 Å². The van der Waals surface area contributed by atoms with Crippen LogP contribution in [0.5, 0.6) is 0 Å². The number of hydrogen-bond acceptors (Lipinski definition) is 1. The summed E-state index contributed by atoms with van der Waals surface area (Å²) in [6, 6.07) is 21.2. The van der Waals surface area contributed by atoms with Gasteiger partial charge in [-0.3, -0.25) is 0 Å². The maximum absolute atomic E-state index is 8.78. The van der Waals surface area contributed by atoms with Gasteiger partial charge in [0.15, 0.2) is 0 Å². The molecule has 2 rings (SSSR count). The first-order valence-corrected chi connectivity index (χ1v) is 7.40. The summed E-state index contributed by atoms with van der Waals surface area (Å²) in [5.74, 6) is 0.457. The van der Waals surface area contributed by atoms with Crippen molar-refractivity contribution in [2.75, 3.05) is 6.61 Å². The summed E-state index contributed by atoms with van der Waals surface area (Å²) >= 11 is 0. The molecule has 0 aliphatic heterocycles. The van der Waals surface area contributed by atoms with E-state index in [2.05, 4.69) is 66.7 Å². The molecule has 1 N–H and O–H groups in total. The predicted molar refractivity (Wildman–Crippen MR) is 89.1 cm³/mol. The van der Waals surface area contributed by atoms with E-state index in [4.69, 9.17) is 5.11 Å². The Morgan fingerprint density at radius 1 is 0.762 bits per heavy atom. The highest BCUT2D eigenvalue weighted by atomic mass is 16.2. The third-order valence-electron chi connectivity index (χ3n) is 3.42. The summed E-state index contributed by atoms with van der Waals surface area (Å²) in [6.07, 6.45) is 9.97. The fourth-order valence-corrected chi connectivity index (χ4v) is 2.40. The largest absolute Gasteiger partial charge is 0.392 e. The molecule has 0 bridgehead atoms. The van der Waals surface area contributed by atoms with E-state index in [1.165, 1.54) is 11.1 Å². The smallest absolute Gasteiger partial charge is 0.0615 e. The highest BCUT2D eigenvalue weighted by Gasteiger charge is 2.07. The standard InChI is InChI=1S/C20H22O/c21-15-9-3-8-14-20(16-18-10-4-1-5-11-18)17-19-12-6-2-7-13-19/h1-14,20-21H,15-17H2/b9-3+,14-8+. The molecule has 0 fully saturated rings. The summed E-state index contributed by atoms with van der Waals surface area (Å²) < 4.78 is 0. The van der Waals surface area contributed by atoms with Crippen molar-refractivity contribution < 1.29 is 5.11 Å². The molecule has 0 heterocycles. The molecule has 0 aromatic heterocycles. The van der Waals surface area contributed by atoms with Crippen molar-refractivity contribution in [3.05, 3.63) is 96.1 Å². The van der Waals surface area contributed by atoms with Gasteiger partial charge >= 0.3 is 0 Å². The molecule has 0 saturated carbocycles. The van der Waals surface area contributed by atoms with Crippen LogP contribution in [-0.4, -0.2) is 11.7 Å². The van der Waals surface area contributed by atoms with E-state index in [0.29, 0.717) is 5.92 Å². The molecule has 1 nitrogen and oxygen atoms in total. The third-order valence-corrected chi connectivity index (χ3v) is 3.42. The van der Waals surface area contributed by atoms with Crippen LogP contribution in [0.4, 0.5) is 0 Å². The van der Waals surface area contributed by atoms with Gasteiger partial charge in [0.25, 0.3) is 0 Å². The first-order valence-electron chi connectivity index (χ1n) is 7.40. The third kappa shape index (κ3) is 5.80. The fourth-order valence-electron chi connectivity index (χ4n) is 2.40. The van der Waals surface area contributed by atoms with Crippen LogP contribution in [0.1, 0.15) is 11.1 Å². The molecule has 0 saturated heterocycles. The Bertz CT molecular complexity index is 513. The van der Waals surface area contributed by atoms with Gasteiger partial charge in [-0.05, 0) is 29.9 Å². The lowest BCUT2D eigenvalue weighted by Crippen LogP contribution is -2.05. The lowest BCUT2D eigenvalue weighted by Gasteiger charge is -2.13. The molecule has 0 amide bonds. The van der Waals surface area contributed by atoms with E-state index in [1.807, 2.05) is 12.2 Å². The molecule has 0 aliphatic rings. The van der Waals surface area contributed by atoms with Crippen LogP contribution >= 0.6 is 0 Å². The van der Waals surface area contributed by atoms with Gasteiger partial charge < -0.3 is 5.11 Å². The van der Waals surface area contributed by atoms with Gasteiger partial charge in [-0.25, -0.2) is 0 Å². The minimum atomic E-state index is 0.0897. The maximum Gasteiger partial charge on any atom is 0.0615 e. The molecule has 0 radical (unpaired) electrons. The zero-order chi connectivity index (χ0) is 14.8. The lowest BCUT2D eigenvalue weighted by molar-refractivity contribution is 0.343. The Hall–Kier alpha value is -2.12. The van der Waals surface area contributed by atoms with Crippen LogP contribution in [0.25, 0.3) is 0 Å². The van der Waals surface area contributed by atoms with Crippen LogP contribution in [0, 0.1) is 5.92 Å². The molecule has 21 heavy (non-hydrogen) atoms. The molecule has 2 aromatic rings. The number of allylic oxidation sites excluding steroid dienone is 3. The number of rotatable bonds is 7. The number of aliphatic hydroxyl groups excluding tert-OH is 1. The van der Waals surface area contributed by atoms with Crippen LogP contribution < -0.4 is 0 Å². The second-order valence-electron chi connectivity index (χ2n) is 5.14. The quantitative estimate of drug-likeness (QED) is 0.753. The molecular weight excluding hydrogens is 256 g/mol. The van der Waals surface area contributed by atoms with E-state index in [-0.39, 0.29) is 6.61 Å². The molecular formula is C20H22O. The highest BCUT2D eigenvalue weighted by Crippen LogP contribution is 2.16. The second kappa shape index (κ2) is 8.93. The van der Waals surface area contributed by atoms with Crippen molar-refractivity contribution in [2.45, 2.75) is 12.8 Å². The minimum Gasteiger partial charge on any atom is -0.392 e.